The predicted molar refractivity (Wildman–Crippen MR) is 72.6 cm³/mol. The number of halogens is 1. The predicted octanol–water partition coefficient (Wildman–Crippen LogP) is 2.43. The molecule has 2 aromatic rings. The lowest BCUT2D eigenvalue weighted by atomic mass is 10.3. The Morgan fingerprint density at radius 2 is 1.95 bits per heavy atom. The highest BCUT2D eigenvalue weighted by molar-refractivity contribution is 8.13. The van der Waals surface area contributed by atoms with Crippen LogP contribution in [0.3, 0.4) is 0 Å². The lowest BCUT2D eigenvalue weighted by Crippen LogP contribution is -2.03. The van der Waals surface area contributed by atoms with Gasteiger partial charge in [0.05, 0.1) is 17.7 Å². The van der Waals surface area contributed by atoms with Crippen LogP contribution in [0, 0.1) is 13.8 Å². The largest absolute Gasteiger partial charge is 0.494 e. The van der Waals surface area contributed by atoms with E-state index in [4.69, 9.17) is 15.4 Å². The normalized spacial score (nSPS) is 11.6. The molecule has 0 aliphatic rings. The number of methoxy groups -OCH3 is 1. The maximum Gasteiger partial charge on any atom is 0.261 e. The summed E-state index contributed by atoms with van der Waals surface area (Å²) in [6.45, 7) is 3.79. The summed E-state index contributed by atoms with van der Waals surface area (Å²) in [7, 11) is 3.01. The lowest BCUT2D eigenvalue weighted by Gasteiger charge is -2.11. The van der Waals surface area contributed by atoms with Crippen molar-refractivity contribution in [2.45, 2.75) is 18.7 Å². The fraction of sp³-hybridized carbons (Fsp3) is 0.250. The number of benzene rings is 1. The summed E-state index contributed by atoms with van der Waals surface area (Å²) < 4.78 is 29.5. The number of rotatable bonds is 3. The standard InChI is InChI=1S/C12H13ClN2O3S/c1-8-6-9(2)15(14-8)11-5-4-10(19(13,16)17)7-12(11)18-3/h4-7H,1-3H3. The van der Waals surface area contributed by atoms with Gasteiger partial charge in [-0.15, -0.1) is 0 Å². The first kappa shape index (κ1) is 13.9. The summed E-state index contributed by atoms with van der Waals surface area (Å²) in [5, 5.41) is 4.34. The molecule has 19 heavy (non-hydrogen) atoms. The molecule has 0 N–H and O–H groups in total. The fourth-order valence-electron chi connectivity index (χ4n) is 1.86. The summed E-state index contributed by atoms with van der Waals surface area (Å²) in [5.41, 5.74) is 2.46. The van der Waals surface area contributed by atoms with E-state index in [0.717, 1.165) is 11.4 Å². The molecule has 5 nitrogen and oxygen atoms in total. The third kappa shape index (κ3) is 2.74. The summed E-state index contributed by atoms with van der Waals surface area (Å²) in [6.07, 6.45) is 0. The molecule has 7 heteroatoms. The average Bonchev–Trinajstić information content (AvgIpc) is 2.66. The molecule has 102 valence electrons. The van der Waals surface area contributed by atoms with Crippen LogP contribution in [0.2, 0.25) is 0 Å². The molecule has 1 heterocycles. The van der Waals surface area contributed by atoms with Crippen molar-refractivity contribution in [3.05, 3.63) is 35.7 Å². The van der Waals surface area contributed by atoms with Crippen molar-refractivity contribution in [1.29, 1.82) is 0 Å². The SMILES string of the molecule is COc1cc(S(=O)(=O)Cl)ccc1-n1nc(C)cc1C. The summed E-state index contributed by atoms with van der Waals surface area (Å²) in [6, 6.07) is 6.35. The van der Waals surface area contributed by atoms with E-state index >= 15 is 0 Å². The molecule has 0 unspecified atom stereocenters. The second kappa shape index (κ2) is 4.86. The highest BCUT2D eigenvalue weighted by Gasteiger charge is 2.16. The first-order valence-electron chi connectivity index (χ1n) is 5.49. The second-order valence-electron chi connectivity index (χ2n) is 4.11. The van der Waals surface area contributed by atoms with Gasteiger partial charge < -0.3 is 4.74 Å². The summed E-state index contributed by atoms with van der Waals surface area (Å²) >= 11 is 0. The highest BCUT2D eigenvalue weighted by Crippen LogP contribution is 2.28. The minimum atomic E-state index is -3.78. The van der Waals surface area contributed by atoms with Gasteiger partial charge in [0.1, 0.15) is 11.4 Å². The molecule has 0 radical (unpaired) electrons. The Labute approximate surface area is 116 Å². The van der Waals surface area contributed by atoms with Gasteiger partial charge in [0.25, 0.3) is 9.05 Å². The molecule has 1 aromatic heterocycles. The Morgan fingerprint density at radius 1 is 1.26 bits per heavy atom. The van der Waals surface area contributed by atoms with E-state index in [1.165, 1.54) is 19.2 Å². The van der Waals surface area contributed by atoms with Crippen molar-refractivity contribution in [1.82, 2.24) is 9.78 Å². The van der Waals surface area contributed by atoms with E-state index in [1.807, 2.05) is 19.9 Å². The molecule has 0 saturated heterocycles. The van der Waals surface area contributed by atoms with Crippen LogP contribution in [0.4, 0.5) is 0 Å². The van der Waals surface area contributed by atoms with E-state index in [9.17, 15) is 8.42 Å². The highest BCUT2D eigenvalue weighted by atomic mass is 35.7. The van der Waals surface area contributed by atoms with E-state index in [-0.39, 0.29) is 4.90 Å². The molecular formula is C12H13ClN2O3S. The van der Waals surface area contributed by atoms with Crippen molar-refractivity contribution >= 4 is 19.7 Å². The number of aryl methyl sites for hydroxylation is 2. The third-order valence-electron chi connectivity index (χ3n) is 2.67. The Kier molecular flexibility index (Phi) is 3.56. The number of hydrogen-bond donors (Lipinski definition) is 0. The maximum atomic E-state index is 11.3. The van der Waals surface area contributed by atoms with Crippen LogP contribution in [0.1, 0.15) is 11.4 Å². The zero-order valence-electron chi connectivity index (χ0n) is 10.7. The molecular weight excluding hydrogens is 288 g/mol. The second-order valence-corrected chi connectivity index (χ2v) is 6.68. The maximum absolute atomic E-state index is 11.3. The number of ether oxygens (including phenoxy) is 1. The molecule has 0 atom stereocenters. The Morgan fingerprint density at radius 3 is 2.42 bits per heavy atom. The summed E-state index contributed by atoms with van der Waals surface area (Å²) in [5.74, 6) is 0.396. The Hall–Kier alpha value is -1.53. The van der Waals surface area contributed by atoms with Crippen molar-refractivity contribution in [3.63, 3.8) is 0 Å². The molecule has 0 saturated carbocycles. The van der Waals surface area contributed by atoms with Gasteiger partial charge in [-0.05, 0) is 32.0 Å². The van der Waals surface area contributed by atoms with E-state index in [1.54, 1.807) is 10.7 Å². The molecule has 0 amide bonds. The fourth-order valence-corrected chi connectivity index (χ4v) is 2.62. The molecule has 0 spiro atoms. The molecule has 2 rings (SSSR count). The van der Waals surface area contributed by atoms with Crippen LogP contribution in [0.25, 0.3) is 5.69 Å². The van der Waals surface area contributed by atoms with Gasteiger partial charge in [-0.2, -0.15) is 5.10 Å². The van der Waals surface area contributed by atoms with Gasteiger partial charge in [-0.3, -0.25) is 0 Å². The van der Waals surface area contributed by atoms with Gasteiger partial charge in [-0.1, -0.05) is 0 Å². The van der Waals surface area contributed by atoms with Gasteiger partial charge in [0, 0.05) is 22.4 Å². The van der Waals surface area contributed by atoms with Gasteiger partial charge in [-0.25, -0.2) is 13.1 Å². The van der Waals surface area contributed by atoms with Gasteiger partial charge in [0.2, 0.25) is 0 Å². The van der Waals surface area contributed by atoms with E-state index in [2.05, 4.69) is 5.10 Å². The van der Waals surface area contributed by atoms with Crippen molar-refractivity contribution < 1.29 is 13.2 Å². The quantitative estimate of drug-likeness (QED) is 0.817. The smallest absolute Gasteiger partial charge is 0.261 e. The van der Waals surface area contributed by atoms with Crippen LogP contribution in [-0.4, -0.2) is 25.3 Å². The minimum Gasteiger partial charge on any atom is -0.494 e. The van der Waals surface area contributed by atoms with Crippen LogP contribution in [0.5, 0.6) is 5.75 Å². The van der Waals surface area contributed by atoms with Gasteiger partial charge >= 0.3 is 0 Å². The third-order valence-corrected chi connectivity index (χ3v) is 4.02. The van der Waals surface area contributed by atoms with E-state index in [0.29, 0.717) is 11.4 Å². The minimum absolute atomic E-state index is 0.00343. The van der Waals surface area contributed by atoms with Crippen LogP contribution >= 0.6 is 10.7 Å². The van der Waals surface area contributed by atoms with Crippen LogP contribution < -0.4 is 4.74 Å². The first-order chi connectivity index (χ1) is 8.82. The molecule has 0 bridgehead atoms. The zero-order valence-corrected chi connectivity index (χ0v) is 12.3. The Bertz CT molecular complexity index is 723. The lowest BCUT2D eigenvalue weighted by molar-refractivity contribution is 0.410. The average molecular weight is 301 g/mol. The number of aromatic nitrogens is 2. The summed E-state index contributed by atoms with van der Waals surface area (Å²) in [4.78, 5) is -0.00343. The first-order valence-corrected chi connectivity index (χ1v) is 7.80. The number of nitrogens with zero attached hydrogens (tertiary/aromatic N) is 2. The Balaban J connectivity index is 2.63. The number of hydrogen-bond acceptors (Lipinski definition) is 4. The van der Waals surface area contributed by atoms with Crippen LogP contribution in [-0.2, 0) is 9.05 Å². The molecule has 0 aliphatic heterocycles. The van der Waals surface area contributed by atoms with Gasteiger partial charge in [0.15, 0.2) is 0 Å². The topological polar surface area (TPSA) is 61.2 Å². The van der Waals surface area contributed by atoms with Crippen molar-refractivity contribution in [2.24, 2.45) is 0 Å². The monoisotopic (exact) mass is 300 g/mol. The molecule has 0 aliphatic carbocycles. The molecule has 1 aromatic carbocycles. The zero-order chi connectivity index (χ0) is 14.2. The van der Waals surface area contributed by atoms with Crippen molar-refractivity contribution in [2.75, 3.05) is 7.11 Å². The van der Waals surface area contributed by atoms with Crippen molar-refractivity contribution in [3.8, 4) is 11.4 Å². The molecule has 0 fully saturated rings. The van der Waals surface area contributed by atoms with Crippen LogP contribution in [0.15, 0.2) is 29.2 Å². The van der Waals surface area contributed by atoms with E-state index < -0.39 is 9.05 Å².